The molecule has 3 saturated heterocycles. The van der Waals surface area contributed by atoms with E-state index in [1.165, 1.54) is 5.56 Å². The van der Waals surface area contributed by atoms with Crippen molar-refractivity contribution in [3.05, 3.63) is 58.9 Å². The van der Waals surface area contributed by atoms with E-state index in [4.69, 9.17) is 4.74 Å². The Morgan fingerprint density at radius 3 is 2.53 bits per heavy atom. The summed E-state index contributed by atoms with van der Waals surface area (Å²) in [6.45, 7) is 13.8. The Morgan fingerprint density at radius 2 is 1.88 bits per heavy atom. The maximum atomic E-state index is 15.4. The summed E-state index contributed by atoms with van der Waals surface area (Å²) in [6, 6.07) is 11.5. The van der Waals surface area contributed by atoms with Crippen molar-refractivity contribution in [1.29, 1.82) is 0 Å². The third-order valence-corrected chi connectivity index (χ3v) is 8.12. The predicted molar refractivity (Wildman–Crippen MR) is 133 cm³/mol. The number of carbonyl (C=O) groups is 1. The van der Waals surface area contributed by atoms with Gasteiger partial charge in [-0.3, -0.25) is 4.90 Å². The molecule has 2 aromatic rings. The molecule has 0 aromatic heterocycles. The molecule has 6 rings (SSSR count). The van der Waals surface area contributed by atoms with Crippen LogP contribution in [0.4, 0.5) is 9.18 Å². The number of hydrogen-bond donors (Lipinski definition) is 1. The molecule has 1 aliphatic carbocycles. The topological polar surface area (TPSA) is 41.6 Å². The van der Waals surface area contributed by atoms with Crippen molar-refractivity contribution >= 4 is 6.09 Å². The Morgan fingerprint density at radius 1 is 1.15 bits per heavy atom. The molecule has 1 amide bonds. The summed E-state index contributed by atoms with van der Waals surface area (Å²) in [5.74, 6) is 0.212. The third kappa shape index (κ3) is 4.35. The molecule has 3 aliphatic heterocycles. The van der Waals surface area contributed by atoms with Crippen LogP contribution < -0.4 is 5.32 Å². The summed E-state index contributed by atoms with van der Waals surface area (Å²) in [5, 5.41) is 3.10. The van der Waals surface area contributed by atoms with Crippen LogP contribution in [0.25, 0.3) is 11.1 Å². The van der Waals surface area contributed by atoms with Crippen molar-refractivity contribution in [2.75, 3.05) is 19.6 Å². The van der Waals surface area contributed by atoms with E-state index in [1.54, 1.807) is 6.07 Å². The van der Waals surface area contributed by atoms with E-state index in [9.17, 15) is 4.79 Å². The van der Waals surface area contributed by atoms with Crippen molar-refractivity contribution in [3.63, 3.8) is 0 Å². The number of halogens is 1. The molecule has 0 radical (unpaired) electrons. The molecule has 1 N–H and O–H groups in total. The van der Waals surface area contributed by atoms with Crippen molar-refractivity contribution < 1.29 is 13.9 Å². The van der Waals surface area contributed by atoms with Gasteiger partial charge in [0.05, 0.1) is 6.04 Å². The monoisotopic (exact) mass is 464 g/mol. The summed E-state index contributed by atoms with van der Waals surface area (Å²) in [6.07, 6.45) is 2.55. The normalized spacial score (nSPS) is 27.4. The first-order valence-corrected chi connectivity index (χ1v) is 12.6. The van der Waals surface area contributed by atoms with Crippen LogP contribution in [0.1, 0.15) is 70.2 Å². The number of fused-ring (bicyclic) bond motifs is 4. The fourth-order valence-corrected chi connectivity index (χ4v) is 6.05. The van der Waals surface area contributed by atoms with Gasteiger partial charge in [0.25, 0.3) is 0 Å². The molecule has 2 bridgehead atoms. The minimum atomic E-state index is -0.382. The van der Waals surface area contributed by atoms with Crippen molar-refractivity contribution in [3.8, 4) is 11.1 Å². The van der Waals surface area contributed by atoms with E-state index in [0.29, 0.717) is 11.5 Å². The molecule has 5 heteroatoms. The molecule has 3 heterocycles. The summed E-state index contributed by atoms with van der Waals surface area (Å²) in [4.78, 5) is 15.3. The van der Waals surface area contributed by atoms with Gasteiger partial charge in [0.2, 0.25) is 0 Å². The van der Waals surface area contributed by atoms with Gasteiger partial charge >= 0.3 is 6.09 Å². The Kier molecular flexibility index (Phi) is 5.75. The largest absolute Gasteiger partial charge is 0.445 e. The standard InChI is InChI=1S/C29H37FN2O2/c1-28(2,3)21-8-6-7-19(13-21)22-14-20-16-29(4,5)26(23(20)15-24(22)30)31-27(33)34-25-17-32-11-9-18(25)10-12-32/h6-8,13-15,18,25-26H,9-12,16-17H2,1-5H3,(H,31,33)/t25-,26?/m1/s1. The van der Waals surface area contributed by atoms with Gasteiger partial charge in [0, 0.05) is 12.1 Å². The van der Waals surface area contributed by atoms with E-state index < -0.39 is 0 Å². The average molecular weight is 465 g/mol. The SMILES string of the molecule is CC(C)(C)c1cccc(-c2cc3c(cc2F)C(NC(=O)O[C@@H]2CN4CCC2CC4)C(C)(C)C3)c1. The number of piperidine rings is 3. The van der Waals surface area contributed by atoms with Gasteiger partial charge in [0.1, 0.15) is 11.9 Å². The quantitative estimate of drug-likeness (QED) is 0.585. The Bertz CT molecular complexity index is 1100. The second kappa shape index (κ2) is 8.37. The van der Waals surface area contributed by atoms with Gasteiger partial charge in [-0.15, -0.1) is 0 Å². The molecule has 0 spiro atoms. The van der Waals surface area contributed by atoms with E-state index in [-0.39, 0.29) is 34.9 Å². The first kappa shape index (κ1) is 23.3. The van der Waals surface area contributed by atoms with Crippen LogP contribution >= 0.6 is 0 Å². The number of carbonyl (C=O) groups excluding carboxylic acids is 1. The Hall–Kier alpha value is -2.40. The first-order chi connectivity index (χ1) is 16.0. The summed E-state index contributed by atoms with van der Waals surface area (Å²) >= 11 is 0. The number of rotatable bonds is 3. The molecular weight excluding hydrogens is 427 g/mol. The molecule has 2 atom stereocenters. The first-order valence-electron chi connectivity index (χ1n) is 12.6. The third-order valence-electron chi connectivity index (χ3n) is 8.12. The van der Waals surface area contributed by atoms with Crippen molar-refractivity contribution in [2.45, 2.75) is 71.4 Å². The molecule has 3 fully saturated rings. The maximum absolute atomic E-state index is 15.4. The molecule has 4 aliphatic rings. The van der Waals surface area contributed by atoms with E-state index in [2.05, 4.69) is 57.0 Å². The number of alkyl carbamates (subject to hydrolysis) is 1. The van der Waals surface area contributed by atoms with Crippen molar-refractivity contribution in [2.24, 2.45) is 11.3 Å². The zero-order valence-electron chi connectivity index (χ0n) is 21.1. The fraction of sp³-hybridized carbons (Fsp3) is 0.552. The van der Waals surface area contributed by atoms with Crippen molar-refractivity contribution in [1.82, 2.24) is 10.2 Å². The van der Waals surface area contributed by atoms with Gasteiger partial charge in [-0.25, -0.2) is 9.18 Å². The fourth-order valence-electron chi connectivity index (χ4n) is 6.05. The van der Waals surface area contributed by atoms with Crippen LogP contribution in [0.2, 0.25) is 0 Å². The van der Waals surface area contributed by atoms with E-state index in [0.717, 1.165) is 55.6 Å². The number of benzene rings is 2. The highest BCUT2D eigenvalue weighted by atomic mass is 19.1. The van der Waals surface area contributed by atoms with E-state index >= 15 is 4.39 Å². The maximum Gasteiger partial charge on any atom is 0.407 e. The smallest absolute Gasteiger partial charge is 0.407 e. The zero-order valence-corrected chi connectivity index (χ0v) is 21.1. The second-order valence-corrected chi connectivity index (χ2v) is 12.2. The van der Waals surface area contributed by atoms with Gasteiger partial charge in [-0.2, -0.15) is 0 Å². The average Bonchev–Trinajstić information content (AvgIpc) is 3.02. The van der Waals surface area contributed by atoms with Crippen LogP contribution in [0.5, 0.6) is 0 Å². The second-order valence-electron chi connectivity index (χ2n) is 12.2. The van der Waals surface area contributed by atoms with Gasteiger partial charge in [0.15, 0.2) is 0 Å². The molecule has 2 aromatic carbocycles. The van der Waals surface area contributed by atoms with Gasteiger partial charge in [-0.05, 0) is 83.5 Å². The van der Waals surface area contributed by atoms with Crippen LogP contribution in [0.3, 0.4) is 0 Å². The molecule has 4 nitrogen and oxygen atoms in total. The summed E-state index contributed by atoms with van der Waals surface area (Å²) in [7, 11) is 0. The number of nitrogens with zero attached hydrogens (tertiary/aromatic N) is 1. The predicted octanol–water partition coefficient (Wildman–Crippen LogP) is 6.23. The highest BCUT2D eigenvalue weighted by Gasteiger charge is 2.42. The van der Waals surface area contributed by atoms with Crippen LogP contribution in [-0.4, -0.2) is 36.7 Å². The number of hydrogen-bond acceptors (Lipinski definition) is 3. The highest BCUT2D eigenvalue weighted by Crippen LogP contribution is 2.47. The van der Waals surface area contributed by atoms with Crippen LogP contribution in [0, 0.1) is 17.2 Å². The number of ether oxygens (including phenoxy) is 1. The minimum Gasteiger partial charge on any atom is -0.445 e. The Balaban J connectivity index is 1.38. The lowest BCUT2D eigenvalue weighted by Crippen LogP contribution is -2.53. The highest BCUT2D eigenvalue weighted by molar-refractivity contribution is 5.71. The lowest BCUT2D eigenvalue weighted by molar-refractivity contribution is -0.0349. The lowest BCUT2D eigenvalue weighted by atomic mass is 9.85. The van der Waals surface area contributed by atoms with Gasteiger partial charge in [-0.1, -0.05) is 58.9 Å². The molecule has 34 heavy (non-hydrogen) atoms. The number of nitrogens with one attached hydrogen (secondary N) is 1. The Labute approximate surface area is 202 Å². The number of amides is 1. The zero-order chi connectivity index (χ0) is 24.3. The van der Waals surface area contributed by atoms with Gasteiger partial charge < -0.3 is 10.1 Å². The molecular formula is C29H37FN2O2. The van der Waals surface area contributed by atoms with Crippen LogP contribution in [0.15, 0.2) is 36.4 Å². The summed E-state index contributed by atoms with van der Waals surface area (Å²) in [5.41, 5.74) is 4.42. The minimum absolute atomic E-state index is 0.00454. The lowest BCUT2D eigenvalue weighted by Gasteiger charge is -2.44. The summed E-state index contributed by atoms with van der Waals surface area (Å²) < 4.78 is 21.3. The molecule has 1 unspecified atom stereocenters. The van der Waals surface area contributed by atoms with Crippen LogP contribution in [-0.2, 0) is 16.6 Å². The molecule has 0 saturated carbocycles. The molecule has 182 valence electrons. The van der Waals surface area contributed by atoms with E-state index in [1.807, 2.05) is 18.2 Å².